The molecule has 1 aromatic carbocycles. The molecular formula is C13H14ClF3N2O. The highest BCUT2D eigenvalue weighted by Crippen LogP contribution is 2.44. The highest BCUT2D eigenvalue weighted by molar-refractivity contribution is 6.31. The van der Waals surface area contributed by atoms with Gasteiger partial charge in [0.15, 0.2) is 5.41 Å². The molecule has 1 unspecified atom stereocenters. The van der Waals surface area contributed by atoms with Gasteiger partial charge in [-0.3, -0.25) is 4.79 Å². The molecule has 0 bridgehead atoms. The maximum atomic E-state index is 13.2. The number of carbonyl (C=O) groups is 1. The molecule has 1 aliphatic heterocycles. The van der Waals surface area contributed by atoms with E-state index in [2.05, 4.69) is 10.6 Å². The molecule has 110 valence electrons. The molecule has 0 spiro atoms. The molecule has 0 saturated carbocycles. The summed E-state index contributed by atoms with van der Waals surface area (Å²) in [6.45, 7) is 1.41. The minimum atomic E-state index is -4.59. The molecule has 0 radical (unpaired) electrons. The fourth-order valence-electron chi connectivity index (χ4n) is 2.24. The number of nitrogens with one attached hydrogen (secondary N) is 2. The average molecular weight is 307 g/mol. The highest BCUT2D eigenvalue weighted by atomic mass is 35.5. The molecule has 20 heavy (non-hydrogen) atoms. The minimum Gasteiger partial charge on any atom is -0.325 e. The zero-order chi connectivity index (χ0) is 15.0. The maximum Gasteiger partial charge on any atom is 0.404 e. The Morgan fingerprint density at radius 2 is 2.15 bits per heavy atom. The molecule has 1 saturated heterocycles. The predicted molar refractivity (Wildman–Crippen MR) is 70.8 cm³/mol. The quantitative estimate of drug-likeness (QED) is 0.881. The van der Waals surface area contributed by atoms with E-state index in [0.29, 0.717) is 16.3 Å². The van der Waals surface area contributed by atoms with E-state index >= 15 is 0 Å². The van der Waals surface area contributed by atoms with Crippen molar-refractivity contribution in [1.29, 1.82) is 0 Å². The Morgan fingerprint density at radius 3 is 2.70 bits per heavy atom. The van der Waals surface area contributed by atoms with Crippen molar-refractivity contribution in [3.05, 3.63) is 28.8 Å². The first kappa shape index (κ1) is 15.1. The normalized spacial score (nSPS) is 22.9. The number of hydrogen-bond acceptors (Lipinski definition) is 2. The lowest BCUT2D eigenvalue weighted by molar-refractivity contribution is -0.213. The van der Waals surface area contributed by atoms with E-state index in [0.717, 1.165) is 0 Å². The van der Waals surface area contributed by atoms with Crippen LogP contribution in [0.1, 0.15) is 12.0 Å². The van der Waals surface area contributed by atoms with E-state index < -0.39 is 24.0 Å². The first-order chi connectivity index (χ1) is 9.28. The molecule has 1 aliphatic rings. The third-order valence-corrected chi connectivity index (χ3v) is 4.06. The zero-order valence-corrected chi connectivity index (χ0v) is 11.5. The number of benzene rings is 1. The van der Waals surface area contributed by atoms with Gasteiger partial charge in [0, 0.05) is 17.3 Å². The zero-order valence-electron chi connectivity index (χ0n) is 10.8. The summed E-state index contributed by atoms with van der Waals surface area (Å²) in [7, 11) is 0. The lowest BCUT2D eigenvalue weighted by Crippen LogP contribution is -2.49. The van der Waals surface area contributed by atoms with Gasteiger partial charge in [-0.15, -0.1) is 0 Å². The van der Waals surface area contributed by atoms with Crippen molar-refractivity contribution in [2.75, 3.05) is 18.4 Å². The van der Waals surface area contributed by atoms with Gasteiger partial charge in [-0.05, 0) is 37.6 Å². The summed E-state index contributed by atoms with van der Waals surface area (Å²) in [6.07, 6.45) is -4.85. The lowest BCUT2D eigenvalue weighted by Gasteiger charge is -2.29. The monoisotopic (exact) mass is 306 g/mol. The van der Waals surface area contributed by atoms with Crippen LogP contribution in [-0.2, 0) is 4.79 Å². The summed E-state index contributed by atoms with van der Waals surface area (Å²) in [6, 6.07) is 4.73. The second-order valence-corrected chi connectivity index (χ2v) is 5.28. The van der Waals surface area contributed by atoms with Gasteiger partial charge in [0.25, 0.3) is 0 Å². The van der Waals surface area contributed by atoms with E-state index in [-0.39, 0.29) is 13.0 Å². The lowest BCUT2D eigenvalue weighted by atomic mass is 9.85. The van der Waals surface area contributed by atoms with Gasteiger partial charge >= 0.3 is 6.18 Å². The molecule has 1 fully saturated rings. The van der Waals surface area contributed by atoms with Crippen molar-refractivity contribution in [1.82, 2.24) is 5.32 Å². The highest BCUT2D eigenvalue weighted by Gasteiger charge is 2.61. The van der Waals surface area contributed by atoms with E-state index in [1.165, 1.54) is 6.07 Å². The van der Waals surface area contributed by atoms with Crippen molar-refractivity contribution in [2.45, 2.75) is 19.5 Å². The molecule has 1 heterocycles. The largest absolute Gasteiger partial charge is 0.404 e. The molecule has 0 aromatic heterocycles. The van der Waals surface area contributed by atoms with Gasteiger partial charge < -0.3 is 10.6 Å². The van der Waals surface area contributed by atoms with Crippen LogP contribution >= 0.6 is 11.6 Å². The van der Waals surface area contributed by atoms with E-state index in [1.54, 1.807) is 19.1 Å². The SMILES string of the molecule is Cc1c(Cl)cccc1NC(=O)C1(C(F)(F)F)CCNC1. The summed E-state index contributed by atoms with van der Waals surface area (Å²) in [5.41, 5.74) is -1.52. The third kappa shape index (κ3) is 2.50. The van der Waals surface area contributed by atoms with Crippen LogP contribution in [0.15, 0.2) is 18.2 Å². The van der Waals surface area contributed by atoms with Crippen LogP contribution < -0.4 is 10.6 Å². The predicted octanol–water partition coefficient (Wildman–Crippen LogP) is 3.13. The van der Waals surface area contributed by atoms with Gasteiger partial charge in [0.2, 0.25) is 5.91 Å². The number of alkyl halides is 3. The van der Waals surface area contributed by atoms with Crippen LogP contribution in [0.25, 0.3) is 0 Å². The van der Waals surface area contributed by atoms with Crippen molar-refractivity contribution < 1.29 is 18.0 Å². The van der Waals surface area contributed by atoms with Gasteiger partial charge in [-0.2, -0.15) is 13.2 Å². The Labute approximate surface area is 119 Å². The summed E-state index contributed by atoms with van der Waals surface area (Å²) in [4.78, 5) is 12.1. The third-order valence-electron chi connectivity index (χ3n) is 3.65. The Bertz CT molecular complexity index is 525. The Hall–Kier alpha value is -1.27. The van der Waals surface area contributed by atoms with Crippen LogP contribution in [0.3, 0.4) is 0 Å². The molecule has 0 aliphatic carbocycles. The first-order valence-corrected chi connectivity index (χ1v) is 6.50. The molecule has 2 N–H and O–H groups in total. The van der Waals surface area contributed by atoms with Crippen LogP contribution in [0.5, 0.6) is 0 Å². The second-order valence-electron chi connectivity index (χ2n) is 4.87. The van der Waals surface area contributed by atoms with E-state index in [1.807, 2.05) is 0 Å². The molecule has 1 atom stereocenters. The summed E-state index contributed by atoms with van der Waals surface area (Å²) in [5, 5.41) is 5.36. The molecule has 7 heteroatoms. The maximum absolute atomic E-state index is 13.2. The van der Waals surface area contributed by atoms with Gasteiger partial charge in [-0.25, -0.2) is 0 Å². The number of hydrogen-bond donors (Lipinski definition) is 2. The second kappa shape index (κ2) is 5.26. The van der Waals surface area contributed by atoms with Crippen LogP contribution in [0, 0.1) is 12.3 Å². The standard InChI is InChI=1S/C13H14ClF3N2O/c1-8-9(14)3-2-4-10(8)19-11(20)12(13(15,16)17)5-6-18-7-12/h2-4,18H,5-7H2,1H3,(H,19,20). The van der Waals surface area contributed by atoms with Gasteiger partial charge in [-0.1, -0.05) is 17.7 Å². The van der Waals surface area contributed by atoms with E-state index in [9.17, 15) is 18.0 Å². The molecule has 1 amide bonds. The molecule has 2 rings (SSSR count). The van der Waals surface area contributed by atoms with Gasteiger partial charge in [0.05, 0.1) is 0 Å². The topological polar surface area (TPSA) is 41.1 Å². The minimum absolute atomic E-state index is 0.168. The molecular weight excluding hydrogens is 293 g/mol. The smallest absolute Gasteiger partial charge is 0.325 e. The number of carbonyl (C=O) groups excluding carboxylic acids is 1. The summed E-state index contributed by atoms with van der Waals surface area (Å²) in [5.74, 6) is -1.04. The Morgan fingerprint density at radius 1 is 1.45 bits per heavy atom. The average Bonchev–Trinajstić information content (AvgIpc) is 2.85. The van der Waals surface area contributed by atoms with Crippen LogP contribution in [-0.4, -0.2) is 25.2 Å². The van der Waals surface area contributed by atoms with Crippen molar-refractivity contribution in [3.8, 4) is 0 Å². The number of halogens is 4. The summed E-state index contributed by atoms with van der Waals surface area (Å²) >= 11 is 5.90. The van der Waals surface area contributed by atoms with Crippen LogP contribution in [0.2, 0.25) is 5.02 Å². The van der Waals surface area contributed by atoms with Crippen molar-refractivity contribution in [2.24, 2.45) is 5.41 Å². The Balaban J connectivity index is 2.29. The Kier molecular flexibility index (Phi) is 3.97. The number of amides is 1. The molecule has 3 nitrogen and oxygen atoms in total. The number of anilines is 1. The van der Waals surface area contributed by atoms with Crippen LogP contribution in [0.4, 0.5) is 18.9 Å². The fourth-order valence-corrected chi connectivity index (χ4v) is 2.42. The fraction of sp³-hybridized carbons (Fsp3) is 0.462. The molecule has 1 aromatic rings. The van der Waals surface area contributed by atoms with Gasteiger partial charge in [0.1, 0.15) is 0 Å². The summed E-state index contributed by atoms with van der Waals surface area (Å²) < 4.78 is 39.7. The number of rotatable bonds is 2. The first-order valence-electron chi connectivity index (χ1n) is 6.12. The van der Waals surface area contributed by atoms with Crippen molar-refractivity contribution in [3.63, 3.8) is 0 Å². The van der Waals surface area contributed by atoms with Crippen molar-refractivity contribution >= 4 is 23.2 Å². The van der Waals surface area contributed by atoms with E-state index in [4.69, 9.17) is 11.6 Å².